The minimum Gasteiger partial charge on any atom is -0.504 e. The van der Waals surface area contributed by atoms with Crippen molar-refractivity contribution in [2.24, 2.45) is 5.73 Å². The number of phenols is 4. The van der Waals surface area contributed by atoms with Gasteiger partial charge in [0.1, 0.15) is 0 Å². The van der Waals surface area contributed by atoms with Gasteiger partial charge < -0.3 is 26.2 Å². The van der Waals surface area contributed by atoms with Gasteiger partial charge in [-0.1, -0.05) is 103 Å². The molecule has 45 heavy (non-hydrogen) atoms. The van der Waals surface area contributed by atoms with E-state index in [9.17, 15) is 20.4 Å². The maximum atomic E-state index is 10.6. The molecule has 7 aromatic carbocycles. The van der Waals surface area contributed by atoms with Crippen molar-refractivity contribution in [2.45, 2.75) is 13.8 Å². The highest BCUT2D eigenvalue weighted by Gasteiger charge is 2.22. The molecule has 0 aliphatic heterocycles. The Kier molecular flexibility index (Phi) is 6.59. The first kappa shape index (κ1) is 27.9. The van der Waals surface area contributed by atoms with E-state index in [0.29, 0.717) is 11.3 Å². The van der Waals surface area contributed by atoms with E-state index in [0.717, 1.165) is 38.6 Å². The van der Waals surface area contributed by atoms with Crippen molar-refractivity contribution in [3.05, 3.63) is 126 Å². The standard InChI is InChI=1S/C40H31NO4/c1-3-4-8-33(41)25-13-9-23(10-14-25)31-21-32(30-20-18-27-7-5-6-26-17-19-29(31)36(30)35(26)27)24-11-15-28(16-12-24)34-22(2)37(42)39(44)40(45)38(34)43/h3-21,42-45H,41H2,1-2H3/b4-3-,33-8-. The fourth-order valence-electron chi connectivity index (χ4n) is 6.43. The summed E-state index contributed by atoms with van der Waals surface area (Å²) in [5, 5.41) is 48.2. The molecule has 0 radical (unpaired) electrons. The van der Waals surface area contributed by atoms with E-state index in [1.165, 1.54) is 21.5 Å². The van der Waals surface area contributed by atoms with Crippen LogP contribution in [0.3, 0.4) is 0 Å². The molecule has 7 aromatic rings. The number of aromatic hydroxyl groups is 4. The molecule has 5 heteroatoms. The fourth-order valence-corrected chi connectivity index (χ4v) is 6.43. The van der Waals surface area contributed by atoms with Gasteiger partial charge in [-0.2, -0.15) is 0 Å². The maximum Gasteiger partial charge on any atom is 0.204 e. The third kappa shape index (κ3) is 4.40. The zero-order chi connectivity index (χ0) is 31.4. The first-order valence-corrected chi connectivity index (χ1v) is 14.8. The Morgan fingerprint density at radius 1 is 0.600 bits per heavy atom. The van der Waals surface area contributed by atoms with Crippen LogP contribution in [0.15, 0.2) is 115 Å². The molecule has 7 rings (SSSR count). The zero-order valence-electron chi connectivity index (χ0n) is 24.8. The van der Waals surface area contributed by atoms with E-state index in [1.54, 1.807) is 6.92 Å². The molecule has 0 saturated heterocycles. The monoisotopic (exact) mass is 589 g/mol. The number of hydrogen-bond donors (Lipinski definition) is 5. The molecule has 0 unspecified atom stereocenters. The fraction of sp³-hybridized carbons (Fsp3) is 0.0500. The summed E-state index contributed by atoms with van der Waals surface area (Å²) in [7, 11) is 0. The summed E-state index contributed by atoms with van der Waals surface area (Å²) in [5.74, 6) is -2.44. The average molecular weight is 590 g/mol. The Morgan fingerprint density at radius 3 is 1.71 bits per heavy atom. The van der Waals surface area contributed by atoms with E-state index in [-0.39, 0.29) is 11.1 Å². The lowest BCUT2D eigenvalue weighted by Gasteiger charge is -2.19. The van der Waals surface area contributed by atoms with Crippen molar-refractivity contribution in [3.63, 3.8) is 0 Å². The van der Waals surface area contributed by atoms with Crippen LogP contribution in [0.25, 0.3) is 71.4 Å². The minimum absolute atomic E-state index is 0.258. The number of nitrogens with two attached hydrogens (primary N) is 1. The minimum atomic E-state index is -0.751. The van der Waals surface area contributed by atoms with E-state index in [4.69, 9.17) is 5.73 Å². The van der Waals surface area contributed by atoms with E-state index in [1.807, 2.05) is 49.4 Å². The van der Waals surface area contributed by atoms with Crippen LogP contribution in [-0.4, -0.2) is 20.4 Å². The third-order valence-corrected chi connectivity index (χ3v) is 8.77. The number of benzene rings is 7. The summed E-state index contributed by atoms with van der Waals surface area (Å²) in [6.07, 6.45) is 5.77. The Hall–Kier alpha value is -5.94. The summed E-state index contributed by atoms with van der Waals surface area (Å²) in [5.41, 5.74) is 13.3. The SMILES string of the molecule is C/C=C\C=C(/N)c1ccc(-c2cc(-c3ccc(-c4c(C)c(O)c(O)c(O)c4O)cc3)c3ccc4cccc5ccc2c3c54)cc1. The molecule has 0 spiro atoms. The van der Waals surface area contributed by atoms with Gasteiger partial charge >= 0.3 is 0 Å². The molecule has 6 N–H and O–H groups in total. The summed E-state index contributed by atoms with van der Waals surface area (Å²) in [4.78, 5) is 0. The van der Waals surface area contributed by atoms with Gasteiger partial charge in [-0.25, -0.2) is 0 Å². The van der Waals surface area contributed by atoms with Crippen LogP contribution in [0.4, 0.5) is 0 Å². The first-order valence-electron chi connectivity index (χ1n) is 14.8. The lowest BCUT2D eigenvalue weighted by molar-refractivity contribution is 0.345. The third-order valence-electron chi connectivity index (χ3n) is 8.77. The van der Waals surface area contributed by atoms with Gasteiger partial charge in [0.15, 0.2) is 11.5 Å². The molecule has 0 fully saturated rings. The van der Waals surface area contributed by atoms with Crippen molar-refractivity contribution in [1.82, 2.24) is 0 Å². The van der Waals surface area contributed by atoms with Crippen molar-refractivity contribution in [3.8, 4) is 56.4 Å². The second-order valence-electron chi connectivity index (χ2n) is 11.3. The molecule has 0 aliphatic rings. The van der Waals surface area contributed by atoms with Crippen molar-refractivity contribution in [1.29, 1.82) is 0 Å². The zero-order valence-corrected chi connectivity index (χ0v) is 24.8. The Balaban J connectivity index is 1.45. The lowest BCUT2D eigenvalue weighted by atomic mass is 9.85. The van der Waals surface area contributed by atoms with Crippen LogP contribution in [0, 0.1) is 6.92 Å². The summed E-state index contributed by atoms with van der Waals surface area (Å²) >= 11 is 0. The molecular formula is C40H31NO4. The first-order chi connectivity index (χ1) is 21.8. The van der Waals surface area contributed by atoms with Gasteiger partial charge in [-0.15, -0.1) is 0 Å². The second kappa shape index (κ2) is 10.6. The molecule has 0 aliphatic carbocycles. The maximum absolute atomic E-state index is 10.6. The normalized spacial score (nSPS) is 12.3. The van der Waals surface area contributed by atoms with Crippen molar-refractivity contribution >= 4 is 38.0 Å². The molecule has 220 valence electrons. The number of rotatable bonds is 5. The lowest BCUT2D eigenvalue weighted by Crippen LogP contribution is -1.96. The van der Waals surface area contributed by atoms with Gasteiger partial charge in [-0.3, -0.25) is 0 Å². The van der Waals surface area contributed by atoms with Crippen LogP contribution in [0.1, 0.15) is 18.1 Å². The molecule has 5 nitrogen and oxygen atoms in total. The second-order valence-corrected chi connectivity index (χ2v) is 11.3. The predicted molar refractivity (Wildman–Crippen MR) is 185 cm³/mol. The highest BCUT2D eigenvalue weighted by molar-refractivity contribution is 6.28. The van der Waals surface area contributed by atoms with E-state index >= 15 is 0 Å². The predicted octanol–water partition coefficient (Wildman–Crippen LogP) is 9.59. The Bertz CT molecular complexity index is 2270. The topological polar surface area (TPSA) is 107 Å². The van der Waals surface area contributed by atoms with Gasteiger partial charge in [0.05, 0.1) is 0 Å². The van der Waals surface area contributed by atoms with Crippen LogP contribution in [0.2, 0.25) is 0 Å². The van der Waals surface area contributed by atoms with Crippen molar-refractivity contribution in [2.75, 3.05) is 0 Å². The number of hydrogen-bond acceptors (Lipinski definition) is 5. The summed E-state index contributed by atoms with van der Waals surface area (Å²) in [6.45, 7) is 3.54. The highest BCUT2D eigenvalue weighted by atomic mass is 16.3. The average Bonchev–Trinajstić information content (AvgIpc) is 3.08. The summed E-state index contributed by atoms with van der Waals surface area (Å²) in [6, 6.07) is 33.3. The number of allylic oxidation sites excluding steroid dienone is 3. The van der Waals surface area contributed by atoms with Crippen LogP contribution in [0.5, 0.6) is 23.0 Å². The van der Waals surface area contributed by atoms with Crippen LogP contribution in [-0.2, 0) is 0 Å². The van der Waals surface area contributed by atoms with E-state index in [2.05, 4.69) is 72.8 Å². The molecule has 0 bridgehead atoms. The molecule has 0 atom stereocenters. The smallest absolute Gasteiger partial charge is 0.204 e. The van der Waals surface area contributed by atoms with Gasteiger partial charge in [-0.05, 0) is 91.7 Å². The molecule has 0 heterocycles. The van der Waals surface area contributed by atoms with E-state index < -0.39 is 23.0 Å². The molecule has 0 aromatic heterocycles. The van der Waals surface area contributed by atoms with Crippen LogP contribution >= 0.6 is 0 Å². The van der Waals surface area contributed by atoms with Gasteiger partial charge in [0, 0.05) is 16.8 Å². The van der Waals surface area contributed by atoms with Crippen molar-refractivity contribution < 1.29 is 20.4 Å². The van der Waals surface area contributed by atoms with Gasteiger partial charge in [0.25, 0.3) is 0 Å². The highest BCUT2D eigenvalue weighted by Crippen LogP contribution is 2.51. The van der Waals surface area contributed by atoms with Gasteiger partial charge in [0.2, 0.25) is 11.5 Å². The quantitative estimate of drug-likeness (QED) is 0.0595. The molecule has 0 saturated carbocycles. The summed E-state index contributed by atoms with van der Waals surface area (Å²) < 4.78 is 0. The van der Waals surface area contributed by atoms with Crippen LogP contribution < -0.4 is 5.73 Å². The molecule has 0 amide bonds. The largest absolute Gasteiger partial charge is 0.504 e. The number of phenolic OH excluding ortho intramolecular Hbond substituents is 4. The Labute approximate surface area is 260 Å². The Morgan fingerprint density at radius 2 is 1.13 bits per heavy atom. The molecular weight excluding hydrogens is 558 g/mol.